The molecular weight excluding hydrogens is 664 g/mol. The van der Waals surface area contributed by atoms with E-state index < -0.39 is 23.5 Å². The Kier molecular flexibility index (Phi) is 16.4. The van der Waals surface area contributed by atoms with Gasteiger partial charge in [0.2, 0.25) is 0 Å². The van der Waals surface area contributed by atoms with Gasteiger partial charge in [0, 0.05) is 30.5 Å². The largest absolute Gasteiger partial charge is 0.490 e. The molecule has 2 aromatic rings. The second-order valence-corrected chi connectivity index (χ2v) is 13.8. The lowest BCUT2D eigenvalue weighted by atomic mass is 9.91. The summed E-state index contributed by atoms with van der Waals surface area (Å²) in [6.07, 6.45) is 7.93. The summed E-state index contributed by atoms with van der Waals surface area (Å²) in [4.78, 5) is 6.72. The lowest BCUT2D eigenvalue weighted by Gasteiger charge is -2.29. The van der Waals surface area contributed by atoms with Gasteiger partial charge in [-0.25, -0.2) is 4.99 Å². The van der Waals surface area contributed by atoms with Crippen molar-refractivity contribution in [2.75, 3.05) is 25.5 Å². The summed E-state index contributed by atoms with van der Waals surface area (Å²) in [5.74, 6) is 1.96. The smallest absolute Gasteiger partial charge is 0.416 e. The summed E-state index contributed by atoms with van der Waals surface area (Å²) in [5.41, 5.74) is 0.455. The highest BCUT2D eigenvalue weighted by atomic mass is 19.4. The zero-order valence-corrected chi connectivity index (χ0v) is 31.0. The SMILES string of the molecule is CC1CCCCC1.CC\C=C(C(=C/N=C(C)Nc1cc(C(F)(F)F)cc(C(F)(F)F)c1)/C(C)=C/CCC)\c1ccc(OC2CCN(C)CC2)cc1. The molecule has 1 saturated carbocycles. The van der Waals surface area contributed by atoms with Crippen LogP contribution in [0.4, 0.5) is 32.0 Å². The Morgan fingerprint density at radius 3 is 1.94 bits per heavy atom. The average Bonchev–Trinajstić information content (AvgIpc) is 3.08. The molecule has 1 aliphatic heterocycles. The summed E-state index contributed by atoms with van der Waals surface area (Å²) in [6, 6.07) is 9.25. The van der Waals surface area contributed by atoms with Crippen LogP contribution in [0.1, 0.15) is 116 Å². The molecule has 1 saturated heterocycles. The maximum Gasteiger partial charge on any atom is 0.416 e. The Bertz CT molecular complexity index is 1460. The number of likely N-dealkylation sites (tertiary alicyclic amines) is 1. The molecule has 1 aliphatic carbocycles. The van der Waals surface area contributed by atoms with Gasteiger partial charge in [0.15, 0.2) is 0 Å². The quantitative estimate of drug-likeness (QED) is 0.115. The van der Waals surface area contributed by atoms with E-state index >= 15 is 0 Å². The predicted octanol–water partition coefficient (Wildman–Crippen LogP) is 12.7. The number of aliphatic imine (C=N–C) groups is 1. The fourth-order valence-corrected chi connectivity index (χ4v) is 6.19. The molecule has 2 fully saturated rings. The Morgan fingerprint density at radius 1 is 0.863 bits per heavy atom. The molecule has 51 heavy (non-hydrogen) atoms. The van der Waals surface area contributed by atoms with Crippen molar-refractivity contribution in [3.05, 3.63) is 88.7 Å². The molecule has 0 aromatic heterocycles. The zero-order valence-electron chi connectivity index (χ0n) is 31.0. The Morgan fingerprint density at radius 2 is 1.45 bits per heavy atom. The Labute approximate surface area is 300 Å². The highest BCUT2D eigenvalue weighted by Gasteiger charge is 2.37. The number of rotatable bonds is 10. The third kappa shape index (κ3) is 14.2. The van der Waals surface area contributed by atoms with Gasteiger partial charge in [-0.05, 0) is 99.5 Å². The van der Waals surface area contributed by atoms with Gasteiger partial charge in [0.25, 0.3) is 0 Å². The molecule has 0 bridgehead atoms. The van der Waals surface area contributed by atoms with Crippen LogP contribution in [0, 0.1) is 5.92 Å². The van der Waals surface area contributed by atoms with E-state index in [-0.39, 0.29) is 23.7 Å². The molecule has 10 heteroatoms. The third-order valence-electron chi connectivity index (χ3n) is 9.19. The lowest BCUT2D eigenvalue weighted by molar-refractivity contribution is -0.143. The van der Waals surface area contributed by atoms with Crippen LogP contribution >= 0.6 is 0 Å². The van der Waals surface area contributed by atoms with Crippen LogP contribution in [-0.2, 0) is 12.4 Å². The number of anilines is 1. The Balaban J connectivity index is 0.000000892. The van der Waals surface area contributed by atoms with E-state index in [0.717, 1.165) is 79.1 Å². The van der Waals surface area contributed by atoms with Gasteiger partial charge in [0.05, 0.1) is 11.1 Å². The van der Waals surface area contributed by atoms with Crippen molar-refractivity contribution in [2.24, 2.45) is 10.9 Å². The molecule has 0 amide bonds. The summed E-state index contributed by atoms with van der Waals surface area (Å²) >= 11 is 0. The first-order valence-corrected chi connectivity index (χ1v) is 18.2. The standard InChI is InChI=1S/C34H41F6N3O.C7H14/c1-6-8-10-23(3)32(22-41-24(4)42-28-20-26(33(35,36)37)19-27(21-28)34(38,39)40)31(9-7-2)25-11-13-29(14-12-25)44-30-15-17-43(5)18-16-30;1-7-5-3-2-4-6-7/h9-14,19-22,30H,6-8,15-18H2,1-5H3,(H,41,42);7H,2-6H2,1H3/b23-10+,31-9-,32-22+;. The first-order chi connectivity index (χ1) is 24.1. The van der Waals surface area contributed by atoms with Gasteiger partial charge in [-0.1, -0.05) is 83.6 Å². The number of benzene rings is 2. The first-order valence-electron chi connectivity index (χ1n) is 18.2. The van der Waals surface area contributed by atoms with Gasteiger partial charge in [-0.3, -0.25) is 0 Å². The molecule has 2 aromatic carbocycles. The van der Waals surface area contributed by atoms with Crippen molar-refractivity contribution in [3.63, 3.8) is 0 Å². The highest BCUT2D eigenvalue weighted by Crippen LogP contribution is 2.38. The Hall–Kier alpha value is -3.53. The van der Waals surface area contributed by atoms with E-state index in [4.69, 9.17) is 4.74 Å². The van der Waals surface area contributed by atoms with Gasteiger partial charge < -0.3 is 15.0 Å². The van der Waals surface area contributed by atoms with Crippen LogP contribution in [-0.4, -0.2) is 37.0 Å². The van der Waals surface area contributed by atoms with Crippen LogP contribution in [0.15, 0.2) is 77.0 Å². The van der Waals surface area contributed by atoms with Crippen molar-refractivity contribution in [2.45, 2.75) is 117 Å². The van der Waals surface area contributed by atoms with Crippen LogP contribution in [0.3, 0.4) is 0 Å². The number of unbranched alkanes of at least 4 members (excludes halogenated alkanes) is 1. The van der Waals surface area contributed by atoms with Crippen molar-refractivity contribution in [1.82, 2.24) is 4.90 Å². The molecule has 0 spiro atoms. The van der Waals surface area contributed by atoms with E-state index in [1.807, 2.05) is 38.1 Å². The number of nitrogens with zero attached hydrogens (tertiary/aromatic N) is 2. The van der Waals surface area contributed by atoms with Gasteiger partial charge in [-0.15, -0.1) is 0 Å². The van der Waals surface area contributed by atoms with Crippen LogP contribution in [0.2, 0.25) is 0 Å². The molecule has 1 N–H and O–H groups in total. The van der Waals surface area contributed by atoms with Gasteiger partial charge >= 0.3 is 12.4 Å². The molecule has 0 radical (unpaired) electrons. The summed E-state index contributed by atoms with van der Waals surface area (Å²) in [5, 5.41) is 2.61. The number of hydrogen-bond donors (Lipinski definition) is 1. The topological polar surface area (TPSA) is 36.9 Å². The third-order valence-corrected chi connectivity index (χ3v) is 9.19. The van der Waals surface area contributed by atoms with Gasteiger partial charge in [0.1, 0.15) is 17.7 Å². The number of hydrogen-bond acceptors (Lipinski definition) is 3. The predicted molar refractivity (Wildman–Crippen MR) is 198 cm³/mol. The zero-order chi connectivity index (χ0) is 37.6. The van der Waals surface area contributed by atoms with E-state index in [1.165, 1.54) is 39.0 Å². The summed E-state index contributed by atoms with van der Waals surface area (Å²) < 4.78 is 86.3. The van der Waals surface area contributed by atoms with Crippen molar-refractivity contribution < 1.29 is 31.1 Å². The summed E-state index contributed by atoms with van der Waals surface area (Å²) in [6.45, 7) is 11.9. The van der Waals surface area contributed by atoms with Crippen LogP contribution in [0.25, 0.3) is 5.57 Å². The number of nitrogens with one attached hydrogen (secondary N) is 1. The molecular formula is C41H55F6N3O. The fourth-order valence-electron chi connectivity index (χ4n) is 6.19. The van der Waals surface area contributed by atoms with Crippen LogP contribution < -0.4 is 10.1 Å². The first kappa shape index (κ1) is 41.9. The number of allylic oxidation sites excluding steroid dienone is 5. The molecule has 1 heterocycles. The molecule has 2 aliphatic rings. The number of halogens is 6. The molecule has 0 unspecified atom stereocenters. The van der Waals surface area contributed by atoms with E-state index in [2.05, 4.69) is 48.3 Å². The second-order valence-electron chi connectivity index (χ2n) is 13.8. The minimum Gasteiger partial charge on any atom is -0.490 e. The van der Waals surface area contributed by atoms with Gasteiger partial charge in [-0.2, -0.15) is 26.3 Å². The molecule has 4 nitrogen and oxygen atoms in total. The minimum atomic E-state index is -4.94. The highest BCUT2D eigenvalue weighted by molar-refractivity contribution is 5.94. The molecule has 282 valence electrons. The van der Waals surface area contributed by atoms with Crippen LogP contribution in [0.5, 0.6) is 5.75 Å². The molecule has 0 atom stereocenters. The number of amidine groups is 1. The second kappa shape index (κ2) is 19.9. The molecule has 4 rings (SSSR count). The van der Waals surface area contributed by atoms with Crippen molar-refractivity contribution in [3.8, 4) is 5.75 Å². The summed E-state index contributed by atoms with van der Waals surface area (Å²) in [7, 11) is 2.10. The number of alkyl halides is 6. The van der Waals surface area contributed by atoms with Crippen molar-refractivity contribution >= 4 is 17.1 Å². The maximum atomic E-state index is 13.3. The maximum absolute atomic E-state index is 13.3. The monoisotopic (exact) mass is 719 g/mol. The van der Waals surface area contributed by atoms with E-state index in [1.54, 1.807) is 6.20 Å². The fraction of sp³-hybridized carbons (Fsp3) is 0.537. The number of piperidine rings is 1. The van der Waals surface area contributed by atoms with E-state index in [9.17, 15) is 26.3 Å². The minimum absolute atomic E-state index is 0.101. The van der Waals surface area contributed by atoms with E-state index in [0.29, 0.717) is 12.1 Å². The van der Waals surface area contributed by atoms with Crippen molar-refractivity contribution in [1.29, 1.82) is 0 Å². The normalized spacial score (nSPS) is 18.0. The number of ether oxygens (including phenoxy) is 1. The lowest BCUT2D eigenvalue weighted by Crippen LogP contribution is -2.35. The average molecular weight is 720 g/mol.